The molecule has 1 atom stereocenters. The lowest BCUT2D eigenvalue weighted by atomic mass is 9.90. The maximum absolute atomic E-state index is 16.2. The van der Waals surface area contributed by atoms with Gasteiger partial charge in [-0.25, -0.2) is 24.3 Å². The largest absolute Gasteiger partial charge is 0.371 e. The van der Waals surface area contributed by atoms with E-state index in [-0.39, 0.29) is 58.7 Å². The highest BCUT2D eigenvalue weighted by Crippen LogP contribution is 2.42. The lowest BCUT2D eigenvalue weighted by molar-refractivity contribution is -0.136. The van der Waals surface area contributed by atoms with Gasteiger partial charge in [0, 0.05) is 88.1 Å². The third-order valence-corrected chi connectivity index (χ3v) is 15.3. The highest BCUT2D eigenvalue weighted by Gasteiger charge is 2.32. The SMILES string of the molecule is CCN(C)S(=O)(=O)Nc1cccc(-c2nc(C(C)(C)C)sc2-c2ccnc(Nc3ccc(N4CCN(C(=O)C5CCN(c6ccc([C@@H]7CCC(=O)NC7=O)cc6)CC5)CC4)cn3)n2)c1F. The number of pyridine rings is 1. The van der Waals surface area contributed by atoms with Crippen molar-refractivity contribution >= 4 is 68.1 Å². The molecule has 0 saturated carbocycles. The van der Waals surface area contributed by atoms with E-state index in [0.717, 1.165) is 52.2 Å². The van der Waals surface area contributed by atoms with Gasteiger partial charge in [-0.05, 0) is 67.3 Å². The van der Waals surface area contributed by atoms with Crippen molar-refractivity contribution in [3.63, 3.8) is 0 Å². The zero-order chi connectivity index (χ0) is 46.0. The van der Waals surface area contributed by atoms with Crippen LogP contribution in [0.25, 0.3) is 21.8 Å². The van der Waals surface area contributed by atoms with Crippen LogP contribution in [-0.4, -0.2) is 108 Å². The van der Waals surface area contributed by atoms with Crippen LogP contribution in [0.15, 0.2) is 73.1 Å². The Labute approximate surface area is 382 Å². The number of nitrogens with one attached hydrogen (secondary N) is 3. The fraction of sp³-hybridized carbons (Fsp3) is 0.413. The number of imide groups is 1. The monoisotopic (exact) mass is 923 g/mol. The Hall–Kier alpha value is -6.05. The van der Waals surface area contributed by atoms with E-state index in [4.69, 9.17) is 9.97 Å². The molecule has 2 aromatic carbocycles. The molecule has 0 unspecified atom stereocenters. The van der Waals surface area contributed by atoms with Crippen molar-refractivity contribution in [2.45, 2.75) is 64.7 Å². The molecule has 5 aromatic rings. The van der Waals surface area contributed by atoms with Crippen molar-refractivity contribution in [1.82, 2.24) is 34.5 Å². The molecule has 65 heavy (non-hydrogen) atoms. The summed E-state index contributed by atoms with van der Waals surface area (Å²) in [5.41, 5.74) is 3.36. The summed E-state index contributed by atoms with van der Waals surface area (Å²) in [5, 5.41) is 6.38. The van der Waals surface area contributed by atoms with Gasteiger partial charge in [0.2, 0.25) is 23.7 Å². The Morgan fingerprint density at radius 3 is 2.28 bits per heavy atom. The van der Waals surface area contributed by atoms with Crippen molar-refractivity contribution in [3.8, 4) is 21.8 Å². The number of amides is 3. The minimum absolute atomic E-state index is 0.0230. The third-order valence-electron chi connectivity index (χ3n) is 12.2. The van der Waals surface area contributed by atoms with Crippen molar-refractivity contribution in [3.05, 3.63) is 89.4 Å². The van der Waals surface area contributed by atoms with Crippen molar-refractivity contribution in [2.75, 3.05) is 72.7 Å². The lowest BCUT2D eigenvalue weighted by Gasteiger charge is -2.39. The highest BCUT2D eigenvalue weighted by molar-refractivity contribution is 7.90. The van der Waals surface area contributed by atoms with Gasteiger partial charge in [0.1, 0.15) is 5.82 Å². The average molecular weight is 924 g/mol. The summed E-state index contributed by atoms with van der Waals surface area (Å²) in [6.07, 6.45) is 5.82. The van der Waals surface area contributed by atoms with E-state index in [0.29, 0.717) is 61.1 Å². The molecule has 0 bridgehead atoms. The van der Waals surface area contributed by atoms with E-state index in [9.17, 15) is 22.8 Å². The maximum Gasteiger partial charge on any atom is 0.301 e. The average Bonchev–Trinajstić information content (AvgIpc) is 3.76. The molecular formula is C46H54FN11O5S2. The van der Waals surface area contributed by atoms with E-state index in [1.807, 2.05) is 62.1 Å². The standard InChI is InChI=1S/C46H54FN11O5S2/c1-6-55(5)65(62,63)54-35-9-7-8-34(39(35)47)40-41(64-44(53-40)46(2,3)4)36-18-21-48-45(50-36)51-37-16-14-32(28-49-37)57-24-26-58(27-25-57)43(61)30-19-22-56(23-20-30)31-12-10-29(11-13-31)33-15-17-38(59)52-42(33)60/h7-14,16,18,21,28,30,33,54H,6,15,17,19-20,22-27H2,1-5H3,(H,52,59,60)(H,48,49,50,51)/t33-/m0/s1. The number of carbonyl (C=O) groups is 3. The van der Waals surface area contributed by atoms with Gasteiger partial charge >= 0.3 is 10.2 Å². The van der Waals surface area contributed by atoms with Gasteiger partial charge in [-0.1, -0.05) is 45.9 Å². The van der Waals surface area contributed by atoms with E-state index >= 15 is 4.39 Å². The molecule has 3 N–H and O–H groups in total. The molecule has 3 aliphatic rings. The number of nitrogens with zero attached hydrogens (tertiary/aromatic N) is 8. The molecule has 16 nitrogen and oxygen atoms in total. The van der Waals surface area contributed by atoms with Gasteiger partial charge in [-0.2, -0.15) is 12.7 Å². The first-order valence-electron chi connectivity index (χ1n) is 21.9. The zero-order valence-corrected chi connectivity index (χ0v) is 38.8. The number of benzene rings is 2. The molecule has 3 saturated heterocycles. The zero-order valence-electron chi connectivity index (χ0n) is 37.2. The van der Waals surface area contributed by atoms with Crippen LogP contribution in [0, 0.1) is 11.7 Å². The molecule has 3 fully saturated rings. The second-order valence-corrected chi connectivity index (χ2v) is 20.4. The summed E-state index contributed by atoms with van der Waals surface area (Å²) < 4.78 is 45.2. The minimum Gasteiger partial charge on any atom is -0.371 e. The number of anilines is 5. The third kappa shape index (κ3) is 10.1. The fourth-order valence-corrected chi connectivity index (χ4v) is 10.3. The summed E-state index contributed by atoms with van der Waals surface area (Å²) in [6, 6.07) is 18.1. The highest BCUT2D eigenvalue weighted by atomic mass is 32.2. The molecule has 0 aliphatic carbocycles. The topological polar surface area (TPSA) is 186 Å². The Morgan fingerprint density at radius 1 is 0.908 bits per heavy atom. The second-order valence-electron chi connectivity index (χ2n) is 17.6. The van der Waals surface area contributed by atoms with Crippen molar-refractivity contribution in [1.29, 1.82) is 0 Å². The molecule has 3 aliphatic heterocycles. The molecule has 3 amide bonds. The number of thiazole rings is 1. The van der Waals surface area contributed by atoms with E-state index in [1.54, 1.807) is 37.5 Å². The van der Waals surface area contributed by atoms with Crippen LogP contribution in [0.4, 0.5) is 33.2 Å². The van der Waals surface area contributed by atoms with Gasteiger partial charge in [-0.15, -0.1) is 11.3 Å². The number of hydrogen-bond donors (Lipinski definition) is 3. The van der Waals surface area contributed by atoms with Gasteiger partial charge in [-0.3, -0.25) is 24.4 Å². The van der Waals surface area contributed by atoms with Crippen LogP contribution < -0.4 is 25.2 Å². The summed E-state index contributed by atoms with van der Waals surface area (Å²) in [7, 11) is -2.55. The quantitative estimate of drug-likeness (QED) is 0.115. The predicted molar refractivity (Wildman–Crippen MR) is 251 cm³/mol. The van der Waals surface area contributed by atoms with E-state index in [2.05, 4.69) is 35.1 Å². The number of carbonyl (C=O) groups excluding carboxylic acids is 3. The summed E-state index contributed by atoms with van der Waals surface area (Å²) in [6.45, 7) is 12.1. The number of halogens is 1. The van der Waals surface area contributed by atoms with Gasteiger partial charge in [0.15, 0.2) is 5.82 Å². The number of piperidine rings is 2. The summed E-state index contributed by atoms with van der Waals surface area (Å²) >= 11 is 1.39. The molecule has 0 spiro atoms. The Kier molecular flexibility index (Phi) is 13.2. The minimum atomic E-state index is -3.97. The van der Waals surface area contributed by atoms with Gasteiger partial charge in [0.05, 0.1) is 44.8 Å². The molecule has 0 radical (unpaired) electrons. The fourth-order valence-electron chi connectivity index (χ4n) is 8.24. The second kappa shape index (κ2) is 18.8. The molecule has 6 heterocycles. The van der Waals surface area contributed by atoms with Crippen LogP contribution in [0.2, 0.25) is 0 Å². The molecular weight excluding hydrogens is 870 g/mol. The molecule has 8 rings (SSSR count). The Balaban J connectivity index is 0.869. The van der Waals surface area contributed by atoms with Crippen LogP contribution >= 0.6 is 11.3 Å². The van der Waals surface area contributed by atoms with Crippen LogP contribution in [0.5, 0.6) is 0 Å². The van der Waals surface area contributed by atoms with E-state index in [1.165, 1.54) is 24.5 Å². The van der Waals surface area contributed by atoms with Gasteiger partial charge < -0.3 is 20.0 Å². The smallest absolute Gasteiger partial charge is 0.301 e. The molecule has 19 heteroatoms. The number of aromatic nitrogens is 4. The lowest BCUT2D eigenvalue weighted by Crippen LogP contribution is -2.51. The molecule has 342 valence electrons. The number of piperazine rings is 1. The van der Waals surface area contributed by atoms with Crippen LogP contribution in [0.1, 0.15) is 69.9 Å². The van der Waals surface area contributed by atoms with Crippen LogP contribution in [0.3, 0.4) is 0 Å². The first kappa shape index (κ1) is 45.5. The Morgan fingerprint density at radius 2 is 1.62 bits per heavy atom. The normalized spacial score (nSPS) is 17.6. The van der Waals surface area contributed by atoms with E-state index < -0.39 is 16.0 Å². The summed E-state index contributed by atoms with van der Waals surface area (Å²) in [4.78, 5) is 63.3. The number of hydrogen-bond acceptors (Lipinski definition) is 13. The predicted octanol–water partition coefficient (Wildman–Crippen LogP) is 6.54. The van der Waals surface area contributed by atoms with Gasteiger partial charge in [0.25, 0.3) is 0 Å². The number of rotatable bonds is 12. The molecule has 3 aromatic heterocycles. The first-order chi connectivity index (χ1) is 31.1. The first-order valence-corrected chi connectivity index (χ1v) is 24.2. The maximum atomic E-state index is 16.2. The van der Waals surface area contributed by atoms with Crippen molar-refractivity contribution in [2.24, 2.45) is 5.92 Å². The van der Waals surface area contributed by atoms with Crippen LogP contribution in [-0.2, 0) is 30.0 Å². The summed E-state index contributed by atoms with van der Waals surface area (Å²) in [5.74, 6) is -0.513. The Bertz CT molecular complexity index is 2660. The van der Waals surface area contributed by atoms with Crippen molar-refractivity contribution < 1.29 is 27.2 Å².